The molecule has 1 N–H and O–H groups in total. The summed E-state index contributed by atoms with van der Waals surface area (Å²) >= 11 is 0. The van der Waals surface area contributed by atoms with Crippen molar-refractivity contribution in [2.75, 3.05) is 26.2 Å². The Labute approximate surface area is 157 Å². The third-order valence-electron chi connectivity index (χ3n) is 7.85. The van der Waals surface area contributed by atoms with Crippen LogP contribution < -0.4 is 0 Å². The van der Waals surface area contributed by atoms with Crippen LogP contribution in [0, 0.1) is 30.6 Å². The highest BCUT2D eigenvalue weighted by molar-refractivity contribution is 5.07. The lowest BCUT2D eigenvalue weighted by molar-refractivity contribution is -0.0881. The molecule has 5 fully saturated rings. The molecule has 1 saturated heterocycles. The first kappa shape index (κ1) is 17.3. The van der Waals surface area contributed by atoms with Gasteiger partial charge in [0.2, 0.25) is 0 Å². The summed E-state index contributed by atoms with van der Waals surface area (Å²) in [7, 11) is 0. The number of rotatable bonds is 5. The molecular weight excluding hydrogens is 324 g/mol. The van der Waals surface area contributed by atoms with Gasteiger partial charge in [-0.05, 0) is 81.3 Å². The normalized spacial score (nSPS) is 40.4. The molecule has 26 heavy (non-hydrogen) atoms. The summed E-state index contributed by atoms with van der Waals surface area (Å²) in [5, 5.41) is 9.64. The quantitative estimate of drug-likeness (QED) is 0.877. The fraction of sp³-hybridized carbons (Fsp3) is 0.818. The van der Waals surface area contributed by atoms with Crippen LogP contribution in [0.3, 0.4) is 0 Å². The molecule has 0 aromatic carbocycles. The van der Waals surface area contributed by atoms with Gasteiger partial charge in [-0.2, -0.15) is 0 Å². The number of aliphatic hydroxyl groups excluding tert-OH is 1. The summed E-state index contributed by atoms with van der Waals surface area (Å²) in [6, 6.07) is 5.45. The fourth-order valence-corrected chi connectivity index (χ4v) is 7.08. The van der Waals surface area contributed by atoms with Gasteiger partial charge in [0, 0.05) is 38.3 Å². The molecule has 0 amide bonds. The van der Waals surface area contributed by atoms with Crippen molar-refractivity contribution in [1.29, 1.82) is 0 Å². The Hall–Kier alpha value is -0.840. The predicted molar refractivity (Wildman–Crippen MR) is 102 cm³/mol. The number of aryl methyl sites for hydroxylation is 1. The molecule has 4 aliphatic carbocycles. The molecule has 0 spiro atoms. The summed E-state index contributed by atoms with van der Waals surface area (Å²) in [6.45, 7) is 6.61. The van der Waals surface area contributed by atoms with Crippen molar-refractivity contribution in [2.24, 2.45) is 23.7 Å². The smallest absolute Gasteiger partial charge is 0.118 e. The van der Waals surface area contributed by atoms with Gasteiger partial charge in [-0.3, -0.25) is 9.80 Å². The van der Waals surface area contributed by atoms with Crippen molar-refractivity contribution in [3.05, 3.63) is 23.7 Å². The first-order valence-electron chi connectivity index (χ1n) is 10.8. The summed E-state index contributed by atoms with van der Waals surface area (Å²) in [5.41, 5.74) is 0. The van der Waals surface area contributed by atoms with E-state index in [0.29, 0.717) is 6.04 Å². The lowest BCUT2D eigenvalue weighted by atomic mass is 9.53. The molecule has 5 aliphatic rings. The second-order valence-corrected chi connectivity index (χ2v) is 9.57. The Balaban J connectivity index is 1.28. The van der Waals surface area contributed by atoms with E-state index in [1.165, 1.54) is 38.6 Å². The highest BCUT2D eigenvalue weighted by atomic mass is 16.3. The fourth-order valence-electron chi connectivity index (χ4n) is 7.08. The molecule has 0 radical (unpaired) electrons. The number of furan rings is 1. The number of hydrogen-bond donors (Lipinski definition) is 1. The number of hydrogen-bond acceptors (Lipinski definition) is 4. The maximum atomic E-state index is 9.64. The van der Waals surface area contributed by atoms with Crippen molar-refractivity contribution in [2.45, 2.75) is 64.1 Å². The highest BCUT2D eigenvalue weighted by Crippen LogP contribution is 2.55. The van der Waals surface area contributed by atoms with Crippen molar-refractivity contribution in [1.82, 2.24) is 9.80 Å². The molecule has 4 nitrogen and oxygen atoms in total. The minimum Gasteiger partial charge on any atom is -0.465 e. The summed E-state index contributed by atoms with van der Waals surface area (Å²) in [6.07, 6.45) is 8.39. The van der Waals surface area contributed by atoms with Crippen molar-refractivity contribution in [3.8, 4) is 0 Å². The van der Waals surface area contributed by atoms with Gasteiger partial charge in [-0.1, -0.05) is 0 Å². The summed E-state index contributed by atoms with van der Waals surface area (Å²) < 4.78 is 5.82. The molecular formula is C22H34N2O2. The Kier molecular flexibility index (Phi) is 4.62. The van der Waals surface area contributed by atoms with Crippen LogP contribution in [0.5, 0.6) is 0 Å². The molecule has 144 valence electrons. The van der Waals surface area contributed by atoms with Gasteiger partial charge in [0.1, 0.15) is 11.5 Å². The van der Waals surface area contributed by atoms with Crippen LogP contribution in [-0.4, -0.2) is 53.2 Å². The van der Waals surface area contributed by atoms with Crippen LogP contribution in [-0.2, 0) is 6.54 Å². The molecule has 4 saturated carbocycles. The van der Waals surface area contributed by atoms with Gasteiger partial charge < -0.3 is 9.52 Å². The molecule has 6 rings (SSSR count). The number of nitrogens with zero attached hydrogens (tertiary/aromatic N) is 2. The average molecular weight is 359 g/mol. The van der Waals surface area contributed by atoms with Gasteiger partial charge in [0.05, 0.1) is 6.54 Å². The van der Waals surface area contributed by atoms with Crippen LogP contribution in [0.2, 0.25) is 0 Å². The minimum atomic E-state index is 0.286. The summed E-state index contributed by atoms with van der Waals surface area (Å²) in [5.74, 6) is 6.07. The third-order valence-corrected chi connectivity index (χ3v) is 7.85. The molecule has 1 atom stereocenters. The van der Waals surface area contributed by atoms with Gasteiger partial charge >= 0.3 is 0 Å². The monoisotopic (exact) mass is 358 g/mol. The van der Waals surface area contributed by atoms with Crippen molar-refractivity contribution >= 4 is 0 Å². The van der Waals surface area contributed by atoms with Crippen LogP contribution in [0.4, 0.5) is 0 Å². The average Bonchev–Trinajstić information content (AvgIpc) is 3.01. The Bertz CT molecular complexity index is 599. The van der Waals surface area contributed by atoms with E-state index in [-0.39, 0.29) is 6.61 Å². The molecule has 4 heteroatoms. The number of piperazine rings is 1. The molecule has 1 unspecified atom stereocenters. The molecule has 4 bridgehead atoms. The molecule has 1 aliphatic heterocycles. The van der Waals surface area contributed by atoms with Crippen molar-refractivity contribution < 1.29 is 9.52 Å². The van der Waals surface area contributed by atoms with Crippen LogP contribution in [0.15, 0.2) is 16.5 Å². The van der Waals surface area contributed by atoms with E-state index in [4.69, 9.17) is 4.42 Å². The van der Waals surface area contributed by atoms with E-state index in [1.807, 2.05) is 6.92 Å². The van der Waals surface area contributed by atoms with Crippen molar-refractivity contribution in [3.63, 3.8) is 0 Å². The Morgan fingerprint density at radius 1 is 1.04 bits per heavy atom. The standard InChI is InChI=1S/C22H34N2O2/c1-15-2-3-21(26-15)14-23-5-6-24(13-20(23)4-7-25)22-18-9-16-8-17(11-18)12-19(22)10-16/h2-3,16-20,22,25H,4-14H2,1H3. The first-order valence-corrected chi connectivity index (χ1v) is 10.8. The van der Waals surface area contributed by atoms with Gasteiger partial charge in [0.25, 0.3) is 0 Å². The second-order valence-electron chi connectivity index (χ2n) is 9.57. The molecule has 1 aromatic rings. The second kappa shape index (κ2) is 6.96. The molecule has 2 heterocycles. The van der Waals surface area contributed by atoms with Gasteiger partial charge in [0.15, 0.2) is 0 Å². The zero-order chi connectivity index (χ0) is 17.7. The predicted octanol–water partition coefficient (Wildman–Crippen LogP) is 3.28. The SMILES string of the molecule is Cc1ccc(CN2CCN(C3C4CC5CC(C4)CC3C5)CC2CCO)o1. The topological polar surface area (TPSA) is 39.9 Å². The van der Waals surface area contributed by atoms with Crippen LogP contribution >= 0.6 is 0 Å². The zero-order valence-corrected chi connectivity index (χ0v) is 16.1. The van der Waals surface area contributed by atoms with E-state index >= 15 is 0 Å². The highest BCUT2D eigenvalue weighted by Gasteiger charge is 2.50. The van der Waals surface area contributed by atoms with E-state index < -0.39 is 0 Å². The Morgan fingerprint density at radius 3 is 2.38 bits per heavy atom. The van der Waals surface area contributed by atoms with E-state index in [2.05, 4.69) is 21.9 Å². The lowest BCUT2D eigenvalue weighted by Crippen LogP contribution is -2.62. The Morgan fingerprint density at radius 2 is 1.77 bits per heavy atom. The van der Waals surface area contributed by atoms with E-state index in [0.717, 1.165) is 67.3 Å². The first-order chi connectivity index (χ1) is 12.7. The largest absolute Gasteiger partial charge is 0.465 e. The maximum absolute atomic E-state index is 9.64. The third kappa shape index (κ3) is 3.14. The summed E-state index contributed by atoms with van der Waals surface area (Å²) in [4.78, 5) is 5.37. The number of aliphatic hydroxyl groups is 1. The zero-order valence-electron chi connectivity index (χ0n) is 16.1. The van der Waals surface area contributed by atoms with Crippen LogP contribution in [0.25, 0.3) is 0 Å². The van der Waals surface area contributed by atoms with Gasteiger partial charge in [-0.15, -0.1) is 0 Å². The molecule has 1 aromatic heterocycles. The lowest BCUT2D eigenvalue weighted by Gasteiger charge is -2.59. The van der Waals surface area contributed by atoms with Gasteiger partial charge in [-0.25, -0.2) is 0 Å². The van der Waals surface area contributed by atoms with E-state index in [9.17, 15) is 5.11 Å². The van der Waals surface area contributed by atoms with E-state index in [1.54, 1.807) is 0 Å². The van der Waals surface area contributed by atoms with Crippen LogP contribution in [0.1, 0.15) is 50.0 Å². The minimum absolute atomic E-state index is 0.286. The maximum Gasteiger partial charge on any atom is 0.118 e.